The molecule has 1 aromatic heterocycles. The lowest BCUT2D eigenvalue weighted by Gasteiger charge is -2.03. The van der Waals surface area contributed by atoms with Gasteiger partial charge >= 0.3 is 0 Å². The van der Waals surface area contributed by atoms with Gasteiger partial charge in [0.2, 0.25) is 0 Å². The van der Waals surface area contributed by atoms with Gasteiger partial charge in [0.25, 0.3) is 0 Å². The van der Waals surface area contributed by atoms with Crippen LogP contribution in [0.5, 0.6) is 0 Å². The Morgan fingerprint density at radius 2 is 1.65 bits per heavy atom. The average Bonchev–Trinajstić information content (AvgIpc) is 2.29. The highest BCUT2D eigenvalue weighted by atomic mass is 79.9. The largest absolute Gasteiger partial charge is 0.380 e. The molecular formula is C12H10Br2N2O. The molecule has 0 aliphatic carbocycles. The number of aromatic nitrogens is 2. The minimum Gasteiger partial charge on any atom is -0.380 e. The molecule has 0 bridgehead atoms. The van der Waals surface area contributed by atoms with Crippen molar-refractivity contribution in [3.8, 4) is 11.4 Å². The van der Waals surface area contributed by atoms with Crippen LogP contribution in [0.2, 0.25) is 0 Å². The standard InChI is InChI=1S/C12H10Br2N2O/c1-17-7-8-2-4-9(5-3-8)12-15-10(13)6-11(14)16-12/h2-6H,7H2,1H3. The SMILES string of the molecule is COCc1ccc(-c2nc(Br)cc(Br)n2)cc1. The molecule has 17 heavy (non-hydrogen) atoms. The average molecular weight is 358 g/mol. The van der Waals surface area contributed by atoms with E-state index in [1.54, 1.807) is 7.11 Å². The summed E-state index contributed by atoms with van der Waals surface area (Å²) in [6, 6.07) is 9.81. The zero-order chi connectivity index (χ0) is 12.3. The first-order valence-electron chi connectivity index (χ1n) is 4.97. The van der Waals surface area contributed by atoms with Crippen molar-refractivity contribution in [2.45, 2.75) is 6.61 Å². The van der Waals surface area contributed by atoms with Crippen molar-refractivity contribution in [3.63, 3.8) is 0 Å². The van der Waals surface area contributed by atoms with E-state index in [2.05, 4.69) is 41.8 Å². The molecule has 0 saturated carbocycles. The maximum Gasteiger partial charge on any atom is 0.161 e. The van der Waals surface area contributed by atoms with Crippen molar-refractivity contribution in [1.82, 2.24) is 9.97 Å². The summed E-state index contributed by atoms with van der Waals surface area (Å²) < 4.78 is 6.58. The molecule has 0 spiro atoms. The monoisotopic (exact) mass is 356 g/mol. The van der Waals surface area contributed by atoms with Crippen molar-refractivity contribution >= 4 is 31.9 Å². The van der Waals surface area contributed by atoms with Gasteiger partial charge in [-0.2, -0.15) is 0 Å². The number of ether oxygens (including phenoxy) is 1. The van der Waals surface area contributed by atoms with Crippen LogP contribution in [0.1, 0.15) is 5.56 Å². The van der Waals surface area contributed by atoms with Crippen molar-refractivity contribution < 1.29 is 4.74 Å². The highest BCUT2D eigenvalue weighted by molar-refractivity contribution is 9.11. The molecule has 3 nitrogen and oxygen atoms in total. The highest BCUT2D eigenvalue weighted by Gasteiger charge is 2.04. The van der Waals surface area contributed by atoms with E-state index >= 15 is 0 Å². The van der Waals surface area contributed by atoms with Crippen LogP contribution in [0.15, 0.2) is 39.5 Å². The first-order chi connectivity index (χ1) is 8.19. The van der Waals surface area contributed by atoms with Crippen LogP contribution in [0, 0.1) is 0 Å². The zero-order valence-electron chi connectivity index (χ0n) is 9.15. The molecule has 0 aliphatic heterocycles. The van der Waals surface area contributed by atoms with Crippen LogP contribution in [0.4, 0.5) is 0 Å². The number of rotatable bonds is 3. The van der Waals surface area contributed by atoms with Gasteiger partial charge in [-0.1, -0.05) is 24.3 Å². The fourth-order valence-electron chi connectivity index (χ4n) is 1.44. The van der Waals surface area contributed by atoms with Crippen LogP contribution in [0.25, 0.3) is 11.4 Å². The summed E-state index contributed by atoms with van der Waals surface area (Å²) in [4.78, 5) is 8.65. The van der Waals surface area contributed by atoms with E-state index in [4.69, 9.17) is 4.74 Å². The topological polar surface area (TPSA) is 35.0 Å². The molecule has 0 saturated heterocycles. The number of hydrogen-bond acceptors (Lipinski definition) is 3. The van der Waals surface area contributed by atoms with Crippen molar-refractivity contribution in [1.29, 1.82) is 0 Å². The Labute approximate surface area is 117 Å². The minimum atomic E-state index is 0.614. The van der Waals surface area contributed by atoms with Crippen LogP contribution >= 0.6 is 31.9 Å². The number of hydrogen-bond donors (Lipinski definition) is 0. The summed E-state index contributed by atoms with van der Waals surface area (Å²) in [6.07, 6.45) is 0. The number of halogens is 2. The van der Waals surface area contributed by atoms with Crippen molar-refractivity contribution in [2.75, 3.05) is 7.11 Å². The lowest BCUT2D eigenvalue weighted by Crippen LogP contribution is -1.92. The Hall–Kier alpha value is -0.780. The third kappa shape index (κ3) is 3.34. The first-order valence-corrected chi connectivity index (χ1v) is 6.56. The third-order valence-electron chi connectivity index (χ3n) is 2.19. The Morgan fingerprint density at radius 3 is 2.18 bits per heavy atom. The van der Waals surface area contributed by atoms with Crippen molar-refractivity contribution in [3.05, 3.63) is 45.1 Å². The van der Waals surface area contributed by atoms with E-state index in [9.17, 15) is 0 Å². The Morgan fingerprint density at radius 1 is 1.06 bits per heavy atom. The lowest BCUT2D eigenvalue weighted by atomic mass is 10.1. The van der Waals surface area contributed by atoms with Gasteiger partial charge in [0.05, 0.1) is 6.61 Å². The van der Waals surface area contributed by atoms with Gasteiger partial charge in [-0.25, -0.2) is 9.97 Å². The predicted molar refractivity (Wildman–Crippen MR) is 73.6 cm³/mol. The lowest BCUT2D eigenvalue weighted by molar-refractivity contribution is 0.185. The zero-order valence-corrected chi connectivity index (χ0v) is 12.3. The fraction of sp³-hybridized carbons (Fsp3) is 0.167. The van der Waals surface area contributed by atoms with Gasteiger partial charge in [0.15, 0.2) is 5.82 Å². The van der Waals surface area contributed by atoms with Gasteiger partial charge in [-0.05, 0) is 37.4 Å². The molecule has 0 fully saturated rings. The summed E-state index contributed by atoms with van der Waals surface area (Å²) in [5, 5.41) is 0. The summed E-state index contributed by atoms with van der Waals surface area (Å²) in [7, 11) is 1.68. The van der Waals surface area contributed by atoms with Gasteiger partial charge < -0.3 is 4.74 Å². The van der Waals surface area contributed by atoms with Crippen LogP contribution in [0.3, 0.4) is 0 Å². The van der Waals surface area contributed by atoms with Crippen LogP contribution < -0.4 is 0 Å². The maximum atomic E-state index is 5.07. The van der Waals surface area contributed by atoms with E-state index in [-0.39, 0.29) is 0 Å². The smallest absolute Gasteiger partial charge is 0.161 e. The van der Waals surface area contributed by atoms with Gasteiger partial charge in [-0.3, -0.25) is 0 Å². The summed E-state index contributed by atoms with van der Waals surface area (Å²) >= 11 is 6.70. The van der Waals surface area contributed by atoms with E-state index in [0.29, 0.717) is 12.4 Å². The maximum absolute atomic E-state index is 5.07. The molecule has 88 valence electrons. The summed E-state index contributed by atoms with van der Waals surface area (Å²) in [5.74, 6) is 0.690. The van der Waals surface area contributed by atoms with E-state index in [0.717, 1.165) is 20.3 Å². The molecule has 2 aromatic rings. The molecule has 0 amide bonds. The second-order valence-corrected chi connectivity index (χ2v) is 5.09. The molecule has 0 aliphatic rings. The Balaban J connectivity index is 2.32. The third-order valence-corrected chi connectivity index (χ3v) is 3.00. The molecule has 1 heterocycles. The van der Waals surface area contributed by atoms with Crippen molar-refractivity contribution in [2.24, 2.45) is 0 Å². The predicted octanol–water partition coefficient (Wildman–Crippen LogP) is 3.82. The quantitative estimate of drug-likeness (QED) is 0.783. The van der Waals surface area contributed by atoms with E-state index < -0.39 is 0 Å². The molecule has 2 rings (SSSR count). The van der Waals surface area contributed by atoms with E-state index in [1.165, 1.54) is 0 Å². The molecule has 0 N–H and O–H groups in total. The number of nitrogens with zero attached hydrogens (tertiary/aromatic N) is 2. The van der Waals surface area contributed by atoms with Crippen LogP contribution in [-0.2, 0) is 11.3 Å². The molecule has 0 radical (unpaired) electrons. The van der Waals surface area contributed by atoms with Gasteiger partial charge in [0, 0.05) is 18.7 Å². The summed E-state index contributed by atoms with van der Waals surface area (Å²) in [5.41, 5.74) is 2.11. The number of benzene rings is 1. The first kappa shape index (κ1) is 12.7. The molecular weight excluding hydrogens is 348 g/mol. The second-order valence-electron chi connectivity index (χ2n) is 3.47. The minimum absolute atomic E-state index is 0.614. The van der Waals surface area contributed by atoms with E-state index in [1.807, 2.05) is 30.3 Å². The highest BCUT2D eigenvalue weighted by Crippen LogP contribution is 2.21. The normalized spacial score (nSPS) is 10.5. The number of methoxy groups -OCH3 is 1. The Bertz CT molecular complexity index is 494. The molecule has 0 atom stereocenters. The molecule has 1 aromatic carbocycles. The molecule has 0 unspecified atom stereocenters. The summed E-state index contributed by atoms with van der Waals surface area (Å²) in [6.45, 7) is 0.614. The Kier molecular flexibility index (Phi) is 4.25. The second kappa shape index (κ2) is 5.71. The van der Waals surface area contributed by atoms with Gasteiger partial charge in [0.1, 0.15) is 9.21 Å². The van der Waals surface area contributed by atoms with Crippen LogP contribution in [-0.4, -0.2) is 17.1 Å². The van der Waals surface area contributed by atoms with Gasteiger partial charge in [-0.15, -0.1) is 0 Å². The molecule has 5 heteroatoms. The fourth-order valence-corrected chi connectivity index (χ4v) is 2.51.